The van der Waals surface area contributed by atoms with Crippen molar-refractivity contribution in [1.82, 2.24) is 9.97 Å². The van der Waals surface area contributed by atoms with Crippen molar-refractivity contribution in [3.63, 3.8) is 0 Å². The van der Waals surface area contributed by atoms with E-state index < -0.39 is 0 Å². The second-order valence-corrected chi connectivity index (χ2v) is 5.66. The molecule has 0 spiro atoms. The first-order chi connectivity index (χ1) is 10.3. The highest BCUT2D eigenvalue weighted by Gasteiger charge is 2.09. The average Bonchev–Trinajstić information content (AvgIpc) is 3.09. The van der Waals surface area contributed by atoms with E-state index in [1.807, 2.05) is 36.4 Å². The Kier molecular flexibility index (Phi) is 3.02. The van der Waals surface area contributed by atoms with Gasteiger partial charge in [0.2, 0.25) is 0 Å². The molecule has 4 nitrogen and oxygen atoms in total. The second kappa shape index (κ2) is 5.02. The Morgan fingerprint density at radius 3 is 3.05 bits per heavy atom. The molecule has 0 aliphatic heterocycles. The van der Waals surface area contributed by atoms with Crippen LogP contribution in [0.2, 0.25) is 0 Å². The summed E-state index contributed by atoms with van der Waals surface area (Å²) in [4.78, 5) is 9.50. The lowest BCUT2D eigenvalue weighted by Gasteiger charge is -2.00. The first-order valence-corrected chi connectivity index (χ1v) is 7.65. The van der Waals surface area contributed by atoms with Crippen LogP contribution < -0.4 is 4.74 Å². The molecule has 0 saturated carbocycles. The third-order valence-corrected chi connectivity index (χ3v) is 4.15. The molecular weight excluding hydrogens is 308 g/mol. The van der Waals surface area contributed by atoms with Crippen LogP contribution in [0.1, 0.15) is 5.76 Å². The third-order valence-electron chi connectivity index (χ3n) is 3.03. The van der Waals surface area contributed by atoms with Crippen LogP contribution in [0.25, 0.3) is 21.3 Å². The van der Waals surface area contributed by atoms with Gasteiger partial charge in [0.1, 0.15) is 27.4 Å². The molecule has 0 bridgehead atoms. The number of halogens is 1. The number of hydrogen-bond donors (Lipinski definition) is 0. The van der Waals surface area contributed by atoms with Crippen LogP contribution in [0.15, 0.2) is 47.0 Å². The van der Waals surface area contributed by atoms with Gasteiger partial charge in [0, 0.05) is 17.6 Å². The van der Waals surface area contributed by atoms with E-state index in [2.05, 4.69) is 9.97 Å². The standard InChI is InChI=1S/C15H9ClN2O2S/c16-8-11-6-9-3-4-10(7-13(9)19-11)20-15-18-12-2-1-5-17-14(12)21-15/h1-7H,8H2. The van der Waals surface area contributed by atoms with Gasteiger partial charge in [-0.3, -0.25) is 0 Å². The van der Waals surface area contributed by atoms with Crippen molar-refractivity contribution in [2.45, 2.75) is 5.88 Å². The van der Waals surface area contributed by atoms with Crippen molar-refractivity contribution in [2.24, 2.45) is 0 Å². The number of thiazole rings is 1. The minimum absolute atomic E-state index is 0.356. The first-order valence-electron chi connectivity index (χ1n) is 6.30. The highest BCUT2D eigenvalue weighted by molar-refractivity contribution is 7.19. The predicted molar refractivity (Wildman–Crippen MR) is 83.3 cm³/mol. The summed E-state index contributed by atoms with van der Waals surface area (Å²) in [5.74, 6) is 1.78. The van der Waals surface area contributed by atoms with Crippen molar-refractivity contribution >= 4 is 44.3 Å². The lowest BCUT2D eigenvalue weighted by molar-refractivity contribution is 0.479. The smallest absolute Gasteiger partial charge is 0.281 e. The molecule has 0 N–H and O–H groups in total. The van der Waals surface area contributed by atoms with Gasteiger partial charge in [0.15, 0.2) is 0 Å². The van der Waals surface area contributed by atoms with Gasteiger partial charge in [0.25, 0.3) is 5.19 Å². The van der Waals surface area contributed by atoms with Gasteiger partial charge in [0.05, 0.1) is 5.88 Å². The number of ether oxygens (including phenoxy) is 1. The van der Waals surface area contributed by atoms with Crippen molar-refractivity contribution in [3.8, 4) is 10.9 Å². The zero-order chi connectivity index (χ0) is 14.2. The number of pyridine rings is 1. The number of nitrogens with zero attached hydrogens (tertiary/aromatic N) is 2. The molecule has 0 amide bonds. The van der Waals surface area contributed by atoms with Crippen molar-refractivity contribution < 1.29 is 9.15 Å². The van der Waals surface area contributed by atoms with Crippen LogP contribution >= 0.6 is 22.9 Å². The molecular formula is C15H9ClN2O2S. The molecule has 3 heterocycles. The average molecular weight is 317 g/mol. The quantitative estimate of drug-likeness (QED) is 0.501. The Bertz CT molecular complexity index is 899. The molecule has 0 saturated heterocycles. The zero-order valence-electron chi connectivity index (χ0n) is 10.7. The number of fused-ring (bicyclic) bond motifs is 2. The number of hydrogen-bond acceptors (Lipinski definition) is 5. The van der Waals surface area contributed by atoms with E-state index in [-0.39, 0.29) is 0 Å². The van der Waals surface area contributed by atoms with E-state index in [9.17, 15) is 0 Å². The highest BCUT2D eigenvalue weighted by atomic mass is 35.5. The Morgan fingerprint density at radius 1 is 1.24 bits per heavy atom. The number of aromatic nitrogens is 2. The van der Waals surface area contributed by atoms with Gasteiger partial charge in [-0.25, -0.2) is 9.97 Å². The summed E-state index contributed by atoms with van der Waals surface area (Å²) in [6, 6.07) is 11.4. The molecule has 21 heavy (non-hydrogen) atoms. The van der Waals surface area contributed by atoms with Gasteiger partial charge in [-0.2, -0.15) is 0 Å². The van der Waals surface area contributed by atoms with Gasteiger partial charge in [-0.15, -0.1) is 11.6 Å². The molecule has 0 aliphatic rings. The van der Waals surface area contributed by atoms with Gasteiger partial charge in [-0.1, -0.05) is 11.3 Å². The Balaban J connectivity index is 1.69. The Labute approximate surface area is 129 Å². The molecule has 0 unspecified atom stereocenters. The molecule has 0 radical (unpaired) electrons. The van der Waals surface area contributed by atoms with Crippen LogP contribution in [0, 0.1) is 0 Å². The van der Waals surface area contributed by atoms with Crippen LogP contribution in [-0.4, -0.2) is 9.97 Å². The Morgan fingerprint density at radius 2 is 2.19 bits per heavy atom. The fourth-order valence-electron chi connectivity index (χ4n) is 2.09. The van der Waals surface area contributed by atoms with E-state index in [0.29, 0.717) is 16.8 Å². The van der Waals surface area contributed by atoms with Crippen molar-refractivity contribution in [1.29, 1.82) is 0 Å². The minimum Gasteiger partial charge on any atom is -0.460 e. The van der Waals surface area contributed by atoms with E-state index in [1.165, 1.54) is 11.3 Å². The molecule has 0 aliphatic carbocycles. The van der Waals surface area contributed by atoms with E-state index in [4.69, 9.17) is 20.8 Å². The molecule has 0 atom stereocenters. The highest BCUT2D eigenvalue weighted by Crippen LogP contribution is 2.32. The van der Waals surface area contributed by atoms with Gasteiger partial charge < -0.3 is 9.15 Å². The maximum atomic E-state index is 5.79. The van der Waals surface area contributed by atoms with Crippen LogP contribution in [-0.2, 0) is 5.88 Å². The number of alkyl halides is 1. The lowest BCUT2D eigenvalue weighted by atomic mass is 10.2. The molecule has 4 rings (SSSR count). The third kappa shape index (κ3) is 2.34. The number of rotatable bonds is 3. The van der Waals surface area contributed by atoms with E-state index in [0.717, 1.165) is 27.1 Å². The Hall–Kier alpha value is -2.11. The maximum Gasteiger partial charge on any atom is 0.281 e. The van der Waals surface area contributed by atoms with Gasteiger partial charge in [-0.05, 0) is 30.3 Å². The van der Waals surface area contributed by atoms with Crippen LogP contribution in [0.5, 0.6) is 10.9 Å². The number of furan rings is 1. The normalized spacial score (nSPS) is 11.3. The molecule has 4 aromatic rings. The number of benzene rings is 1. The summed E-state index contributed by atoms with van der Waals surface area (Å²) in [5, 5.41) is 1.57. The van der Waals surface area contributed by atoms with E-state index >= 15 is 0 Å². The monoisotopic (exact) mass is 316 g/mol. The lowest BCUT2D eigenvalue weighted by Crippen LogP contribution is -1.82. The molecule has 1 aromatic carbocycles. The maximum absolute atomic E-state index is 5.79. The van der Waals surface area contributed by atoms with Crippen LogP contribution in [0.3, 0.4) is 0 Å². The fraction of sp³-hybridized carbons (Fsp3) is 0.0667. The summed E-state index contributed by atoms with van der Waals surface area (Å²) >= 11 is 7.18. The minimum atomic E-state index is 0.356. The summed E-state index contributed by atoms with van der Waals surface area (Å²) in [7, 11) is 0. The zero-order valence-corrected chi connectivity index (χ0v) is 12.3. The van der Waals surface area contributed by atoms with Crippen molar-refractivity contribution in [2.75, 3.05) is 0 Å². The fourth-order valence-corrected chi connectivity index (χ4v) is 3.00. The van der Waals surface area contributed by atoms with Gasteiger partial charge >= 0.3 is 0 Å². The summed E-state index contributed by atoms with van der Waals surface area (Å²) in [5.41, 5.74) is 1.59. The van der Waals surface area contributed by atoms with Crippen molar-refractivity contribution in [3.05, 3.63) is 48.4 Å². The molecule has 0 fully saturated rings. The molecule has 6 heteroatoms. The molecule has 3 aromatic heterocycles. The largest absolute Gasteiger partial charge is 0.460 e. The molecule has 104 valence electrons. The van der Waals surface area contributed by atoms with Crippen LogP contribution in [0.4, 0.5) is 0 Å². The topological polar surface area (TPSA) is 48.2 Å². The summed E-state index contributed by atoms with van der Waals surface area (Å²) < 4.78 is 11.4. The summed E-state index contributed by atoms with van der Waals surface area (Å²) in [6.45, 7) is 0. The predicted octanol–water partition coefficient (Wildman–Crippen LogP) is 4.97. The van der Waals surface area contributed by atoms with E-state index in [1.54, 1.807) is 6.20 Å². The second-order valence-electron chi connectivity index (χ2n) is 4.46. The SMILES string of the molecule is ClCc1cc2ccc(Oc3nc4cccnc4s3)cc2o1. The first kappa shape index (κ1) is 12.6. The summed E-state index contributed by atoms with van der Waals surface area (Å²) in [6.07, 6.45) is 1.74.